The molecule has 5 nitrogen and oxygen atoms in total. The first-order valence-electron chi connectivity index (χ1n) is 8.63. The number of aryl methyl sites for hydroxylation is 1. The number of nitrogens with zero attached hydrogens (tertiary/aromatic N) is 2. The van der Waals surface area contributed by atoms with Crippen LogP contribution in [0.4, 0.5) is 5.69 Å². The molecule has 0 saturated heterocycles. The van der Waals surface area contributed by atoms with E-state index in [0.717, 1.165) is 22.4 Å². The fraction of sp³-hybridized carbons (Fsp3) is 0.190. The van der Waals surface area contributed by atoms with Crippen molar-refractivity contribution < 1.29 is 9.53 Å². The number of benzene rings is 1. The van der Waals surface area contributed by atoms with Crippen molar-refractivity contribution in [3.63, 3.8) is 0 Å². The molecule has 0 atom stereocenters. The molecule has 0 aliphatic carbocycles. The van der Waals surface area contributed by atoms with Gasteiger partial charge in [0.25, 0.3) is 0 Å². The second kappa shape index (κ2) is 8.64. The van der Waals surface area contributed by atoms with Gasteiger partial charge < -0.3 is 10.1 Å². The monoisotopic (exact) mass is 381 g/mol. The molecule has 2 aromatic heterocycles. The van der Waals surface area contributed by atoms with Gasteiger partial charge >= 0.3 is 0 Å². The Bertz CT molecular complexity index is 925. The van der Waals surface area contributed by atoms with E-state index < -0.39 is 0 Å². The quantitative estimate of drug-likeness (QED) is 0.680. The lowest BCUT2D eigenvalue weighted by molar-refractivity contribution is -0.115. The van der Waals surface area contributed by atoms with Crippen LogP contribution in [0.3, 0.4) is 0 Å². The highest BCUT2D eigenvalue weighted by Gasteiger charge is 2.10. The van der Waals surface area contributed by atoms with Crippen molar-refractivity contribution in [2.45, 2.75) is 19.8 Å². The summed E-state index contributed by atoms with van der Waals surface area (Å²) in [6.07, 6.45) is 4.39. The Kier molecular flexibility index (Phi) is 6.04. The summed E-state index contributed by atoms with van der Waals surface area (Å²) >= 11 is 6.27. The van der Waals surface area contributed by atoms with E-state index in [0.29, 0.717) is 23.0 Å². The minimum atomic E-state index is -0.121. The molecule has 0 spiro atoms. The first-order valence-corrected chi connectivity index (χ1v) is 9.01. The van der Waals surface area contributed by atoms with Crippen LogP contribution in [0.2, 0.25) is 5.02 Å². The van der Waals surface area contributed by atoms with Gasteiger partial charge in [-0.1, -0.05) is 42.8 Å². The standard InChI is InChI=1S/C21H20ClN3O2/c1-3-17-21(22)18(10-11-23-17)25-19(26)12-14-4-6-15(7-5-14)16-8-9-20(27-2)24-13-16/h4-11,13H,3,12H2,1-2H3,(H,23,25,26). The smallest absolute Gasteiger partial charge is 0.228 e. The normalized spacial score (nSPS) is 10.5. The van der Waals surface area contributed by atoms with Crippen LogP contribution in [0, 0.1) is 0 Å². The first kappa shape index (κ1) is 18.9. The number of hydrogen-bond acceptors (Lipinski definition) is 4. The fourth-order valence-corrected chi connectivity index (χ4v) is 2.99. The second-order valence-corrected chi connectivity index (χ2v) is 6.36. The predicted molar refractivity (Wildman–Crippen MR) is 107 cm³/mol. The van der Waals surface area contributed by atoms with E-state index in [1.165, 1.54) is 0 Å². The summed E-state index contributed by atoms with van der Waals surface area (Å²) in [5, 5.41) is 3.35. The van der Waals surface area contributed by atoms with Crippen LogP contribution in [0.25, 0.3) is 11.1 Å². The SMILES string of the molecule is CCc1nccc(NC(=O)Cc2ccc(-c3ccc(OC)nc3)cc2)c1Cl. The van der Waals surface area contributed by atoms with Crippen LogP contribution in [0.5, 0.6) is 5.88 Å². The summed E-state index contributed by atoms with van der Waals surface area (Å²) in [6, 6.07) is 13.3. The van der Waals surface area contributed by atoms with Gasteiger partial charge in [0, 0.05) is 24.0 Å². The van der Waals surface area contributed by atoms with E-state index in [9.17, 15) is 4.79 Å². The highest BCUT2D eigenvalue weighted by atomic mass is 35.5. The van der Waals surface area contributed by atoms with Crippen molar-refractivity contribution >= 4 is 23.2 Å². The summed E-state index contributed by atoms with van der Waals surface area (Å²) < 4.78 is 5.07. The third kappa shape index (κ3) is 4.63. The van der Waals surface area contributed by atoms with Gasteiger partial charge in [0.1, 0.15) is 0 Å². The molecule has 0 bridgehead atoms. The highest BCUT2D eigenvalue weighted by Crippen LogP contribution is 2.25. The topological polar surface area (TPSA) is 64.1 Å². The molecule has 3 rings (SSSR count). The van der Waals surface area contributed by atoms with Crippen molar-refractivity contribution in [2.24, 2.45) is 0 Å². The van der Waals surface area contributed by atoms with Gasteiger partial charge in [-0.3, -0.25) is 9.78 Å². The molecule has 1 aromatic carbocycles. The Balaban J connectivity index is 1.66. The van der Waals surface area contributed by atoms with Gasteiger partial charge in [-0.15, -0.1) is 0 Å². The van der Waals surface area contributed by atoms with Gasteiger partial charge in [-0.05, 0) is 29.7 Å². The summed E-state index contributed by atoms with van der Waals surface area (Å²) in [7, 11) is 1.59. The average molecular weight is 382 g/mol. The van der Waals surface area contributed by atoms with E-state index in [-0.39, 0.29) is 12.3 Å². The van der Waals surface area contributed by atoms with Crippen LogP contribution >= 0.6 is 11.6 Å². The summed E-state index contributed by atoms with van der Waals surface area (Å²) in [5.74, 6) is 0.456. The Labute approximate surface area is 163 Å². The average Bonchev–Trinajstić information content (AvgIpc) is 2.70. The molecule has 2 heterocycles. The molecule has 0 unspecified atom stereocenters. The van der Waals surface area contributed by atoms with Crippen molar-refractivity contribution in [1.29, 1.82) is 0 Å². The lowest BCUT2D eigenvalue weighted by Gasteiger charge is -2.10. The van der Waals surface area contributed by atoms with E-state index in [2.05, 4.69) is 15.3 Å². The number of aromatic nitrogens is 2. The lowest BCUT2D eigenvalue weighted by Crippen LogP contribution is -2.15. The zero-order valence-electron chi connectivity index (χ0n) is 15.2. The maximum absolute atomic E-state index is 12.3. The van der Waals surface area contributed by atoms with Crippen molar-refractivity contribution in [3.05, 3.63) is 71.1 Å². The molecule has 138 valence electrons. The number of anilines is 1. The van der Waals surface area contributed by atoms with Gasteiger partial charge in [0.2, 0.25) is 11.8 Å². The number of halogens is 1. The summed E-state index contributed by atoms with van der Waals surface area (Å²) in [6.45, 7) is 1.97. The molecule has 0 aliphatic heterocycles. The number of nitrogens with one attached hydrogen (secondary N) is 1. The number of rotatable bonds is 6. The minimum Gasteiger partial charge on any atom is -0.481 e. The zero-order valence-corrected chi connectivity index (χ0v) is 16.0. The van der Waals surface area contributed by atoms with E-state index in [1.54, 1.807) is 25.6 Å². The molecule has 6 heteroatoms. The molecule has 0 radical (unpaired) electrons. The third-order valence-corrected chi connectivity index (χ3v) is 4.59. The van der Waals surface area contributed by atoms with Crippen LogP contribution in [0.1, 0.15) is 18.2 Å². The van der Waals surface area contributed by atoms with Crippen molar-refractivity contribution in [2.75, 3.05) is 12.4 Å². The van der Waals surface area contributed by atoms with Crippen molar-refractivity contribution in [3.8, 4) is 17.0 Å². The van der Waals surface area contributed by atoms with E-state index in [1.807, 2.05) is 43.3 Å². The number of methoxy groups -OCH3 is 1. The Hall–Kier alpha value is -2.92. The third-order valence-electron chi connectivity index (χ3n) is 4.17. The largest absolute Gasteiger partial charge is 0.481 e. The van der Waals surface area contributed by atoms with E-state index >= 15 is 0 Å². The van der Waals surface area contributed by atoms with Gasteiger partial charge in [0.15, 0.2) is 0 Å². The molecule has 27 heavy (non-hydrogen) atoms. The fourth-order valence-electron chi connectivity index (χ4n) is 2.70. The molecule has 0 aliphatic rings. The van der Waals surface area contributed by atoms with Crippen LogP contribution in [-0.4, -0.2) is 23.0 Å². The Morgan fingerprint density at radius 2 is 1.81 bits per heavy atom. The van der Waals surface area contributed by atoms with Crippen LogP contribution in [-0.2, 0) is 17.6 Å². The number of hydrogen-bond donors (Lipinski definition) is 1. The second-order valence-electron chi connectivity index (χ2n) is 5.98. The summed E-state index contributed by atoms with van der Waals surface area (Å²) in [5.41, 5.74) is 4.29. The molecular weight excluding hydrogens is 362 g/mol. The molecular formula is C21H20ClN3O2. The number of pyridine rings is 2. The highest BCUT2D eigenvalue weighted by molar-refractivity contribution is 6.34. The van der Waals surface area contributed by atoms with Crippen molar-refractivity contribution in [1.82, 2.24) is 9.97 Å². The predicted octanol–water partition coefficient (Wildman–Crippen LogP) is 4.55. The lowest BCUT2D eigenvalue weighted by atomic mass is 10.0. The molecule has 3 aromatic rings. The minimum absolute atomic E-state index is 0.121. The summed E-state index contributed by atoms with van der Waals surface area (Å²) in [4.78, 5) is 20.8. The number of ether oxygens (including phenoxy) is 1. The molecule has 1 N–H and O–H groups in total. The molecule has 1 amide bonds. The number of amides is 1. The Morgan fingerprint density at radius 3 is 2.44 bits per heavy atom. The van der Waals surface area contributed by atoms with Gasteiger partial charge in [-0.25, -0.2) is 4.98 Å². The maximum atomic E-state index is 12.3. The molecule has 0 fully saturated rings. The maximum Gasteiger partial charge on any atom is 0.228 e. The van der Waals surface area contributed by atoms with Crippen LogP contribution < -0.4 is 10.1 Å². The van der Waals surface area contributed by atoms with Gasteiger partial charge in [-0.2, -0.15) is 0 Å². The number of carbonyl (C=O) groups is 1. The first-order chi connectivity index (χ1) is 13.1. The Morgan fingerprint density at radius 1 is 1.07 bits per heavy atom. The van der Waals surface area contributed by atoms with Gasteiger partial charge in [0.05, 0.1) is 29.9 Å². The molecule has 0 saturated carbocycles. The number of carbonyl (C=O) groups excluding carboxylic acids is 1. The van der Waals surface area contributed by atoms with Crippen LogP contribution in [0.15, 0.2) is 54.9 Å². The zero-order chi connectivity index (χ0) is 19.2. The van der Waals surface area contributed by atoms with E-state index in [4.69, 9.17) is 16.3 Å².